The summed E-state index contributed by atoms with van der Waals surface area (Å²) in [6.45, 7) is 1.53. The average molecular weight is 190 g/mol. The van der Waals surface area contributed by atoms with Crippen LogP contribution in [0.15, 0.2) is 11.1 Å². The van der Waals surface area contributed by atoms with Crippen LogP contribution in [-0.2, 0) is 19.5 Å². The lowest BCUT2D eigenvalue weighted by atomic mass is 10.1. The first-order valence-electron chi connectivity index (χ1n) is 4.48. The molecule has 0 atom stereocenters. The van der Waals surface area contributed by atoms with Crippen molar-refractivity contribution in [2.75, 3.05) is 6.54 Å². The Morgan fingerprint density at radius 2 is 2.57 bits per heavy atom. The van der Waals surface area contributed by atoms with Crippen molar-refractivity contribution in [3.05, 3.63) is 27.9 Å². The van der Waals surface area contributed by atoms with Crippen LogP contribution in [0.2, 0.25) is 0 Å². The monoisotopic (exact) mass is 190 g/mol. The number of nitriles is 1. The van der Waals surface area contributed by atoms with Crippen molar-refractivity contribution in [2.45, 2.75) is 19.5 Å². The van der Waals surface area contributed by atoms with Crippen molar-refractivity contribution in [2.24, 2.45) is 0 Å². The number of nitrogens with zero attached hydrogens (tertiary/aromatic N) is 3. The van der Waals surface area contributed by atoms with E-state index in [1.54, 1.807) is 0 Å². The molecule has 0 unspecified atom stereocenters. The summed E-state index contributed by atoms with van der Waals surface area (Å²) in [5.41, 5.74) is 1.50. The Hall–Kier alpha value is -1.67. The smallest absolute Gasteiger partial charge is 0.257 e. The Morgan fingerprint density at radius 3 is 3.36 bits per heavy atom. The Bertz CT molecular complexity index is 443. The molecular weight excluding hydrogens is 180 g/mol. The molecular formula is C9H10N4O. The zero-order valence-corrected chi connectivity index (χ0v) is 7.66. The van der Waals surface area contributed by atoms with Crippen LogP contribution >= 0.6 is 0 Å². The van der Waals surface area contributed by atoms with E-state index in [2.05, 4.69) is 10.3 Å². The highest BCUT2D eigenvalue weighted by atomic mass is 16.1. The zero-order valence-electron chi connectivity index (χ0n) is 7.66. The summed E-state index contributed by atoms with van der Waals surface area (Å²) >= 11 is 0. The molecule has 0 bridgehead atoms. The molecule has 1 aromatic rings. The van der Waals surface area contributed by atoms with Gasteiger partial charge in [-0.3, -0.25) is 9.36 Å². The Balaban J connectivity index is 2.50. The minimum atomic E-state index is -0.0712. The maximum absolute atomic E-state index is 11.7. The van der Waals surface area contributed by atoms with Gasteiger partial charge in [0, 0.05) is 12.1 Å². The molecule has 1 N–H and O–H groups in total. The molecule has 0 saturated carbocycles. The van der Waals surface area contributed by atoms with Crippen molar-refractivity contribution in [3.63, 3.8) is 0 Å². The Morgan fingerprint density at radius 1 is 1.71 bits per heavy atom. The summed E-state index contributed by atoms with van der Waals surface area (Å²) in [6, 6.07) is 1.94. The summed E-state index contributed by atoms with van der Waals surface area (Å²) in [7, 11) is 0. The van der Waals surface area contributed by atoms with E-state index in [0.29, 0.717) is 13.0 Å². The molecule has 0 amide bonds. The zero-order chi connectivity index (χ0) is 9.97. The van der Waals surface area contributed by atoms with Gasteiger partial charge in [-0.25, -0.2) is 4.98 Å². The quantitative estimate of drug-likeness (QED) is 0.642. The van der Waals surface area contributed by atoms with Crippen molar-refractivity contribution in [1.29, 1.82) is 5.26 Å². The fraction of sp³-hybridized carbons (Fsp3) is 0.444. The number of aromatic nitrogens is 2. The van der Waals surface area contributed by atoms with Crippen molar-refractivity contribution >= 4 is 0 Å². The van der Waals surface area contributed by atoms with E-state index in [1.165, 1.54) is 10.9 Å². The predicted molar refractivity (Wildman–Crippen MR) is 49.5 cm³/mol. The second-order valence-corrected chi connectivity index (χ2v) is 3.19. The molecule has 0 fully saturated rings. The summed E-state index contributed by atoms with van der Waals surface area (Å²) in [6.07, 6.45) is 2.14. The van der Waals surface area contributed by atoms with Gasteiger partial charge in [-0.05, 0) is 13.0 Å². The van der Waals surface area contributed by atoms with Crippen molar-refractivity contribution in [1.82, 2.24) is 14.9 Å². The third kappa shape index (κ3) is 1.40. The van der Waals surface area contributed by atoms with Gasteiger partial charge in [-0.15, -0.1) is 0 Å². The average Bonchev–Trinajstić information content (AvgIpc) is 2.23. The number of rotatable bonds is 1. The van der Waals surface area contributed by atoms with E-state index in [4.69, 9.17) is 5.26 Å². The van der Waals surface area contributed by atoms with Gasteiger partial charge in [0.05, 0.1) is 18.1 Å². The van der Waals surface area contributed by atoms with Crippen LogP contribution < -0.4 is 10.9 Å². The molecule has 2 heterocycles. The normalized spacial score (nSPS) is 14.5. The van der Waals surface area contributed by atoms with Crippen molar-refractivity contribution < 1.29 is 0 Å². The van der Waals surface area contributed by atoms with Crippen LogP contribution in [0.3, 0.4) is 0 Å². The number of fused-ring (bicyclic) bond motifs is 1. The molecule has 1 aromatic heterocycles. The summed E-state index contributed by atoms with van der Waals surface area (Å²) < 4.78 is 1.35. The minimum Gasteiger partial charge on any atom is -0.311 e. The van der Waals surface area contributed by atoms with Gasteiger partial charge < -0.3 is 5.32 Å². The first-order valence-corrected chi connectivity index (χ1v) is 4.48. The molecule has 14 heavy (non-hydrogen) atoms. The third-order valence-corrected chi connectivity index (χ3v) is 2.31. The van der Waals surface area contributed by atoms with E-state index in [9.17, 15) is 4.79 Å². The summed E-state index contributed by atoms with van der Waals surface area (Å²) in [5, 5.41) is 11.6. The van der Waals surface area contributed by atoms with Gasteiger partial charge in [0.2, 0.25) is 0 Å². The Kier molecular flexibility index (Phi) is 2.29. The van der Waals surface area contributed by atoms with Crippen LogP contribution in [0.1, 0.15) is 11.3 Å². The second-order valence-electron chi connectivity index (χ2n) is 3.19. The molecule has 0 spiro atoms. The highest BCUT2D eigenvalue weighted by molar-refractivity contribution is 5.19. The van der Waals surface area contributed by atoms with E-state index in [0.717, 1.165) is 17.8 Å². The minimum absolute atomic E-state index is 0.0712. The maximum Gasteiger partial charge on any atom is 0.257 e. The molecule has 0 radical (unpaired) electrons. The number of hydrogen-bond donors (Lipinski definition) is 1. The fourth-order valence-corrected chi connectivity index (χ4v) is 1.58. The summed E-state index contributed by atoms with van der Waals surface area (Å²) in [4.78, 5) is 15.9. The molecule has 1 aliphatic heterocycles. The van der Waals surface area contributed by atoms with Gasteiger partial charge in [0.25, 0.3) is 5.56 Å². The van der Waals surface area contributed by atoms with Gasteiger partial charge in [-0.1, -0.05) is 0 Å². The van der Waals surface area contributed by atoms with Crippen LogP contribution in [0, 0.1) is 11.3 Å². The molecule has 0 aromatic carbocycles. The van der Waals surface area contributed by atoms with Crippen LogP contribution in [0.25, 0.3) is 0 Å². The van der Waals surface area contributed by atoms with E-state index in [1.807, 2.05) is 6.07 Å². The first-order chi connectivity index (χ1) is 6.83. The van der Waals surface area contributed by atoms with Gasteiger partial charge in [0.15, 0.2) is 0 Å². The predicted octanol–water partition coefficient (Wildman–Crippen LogP) is -0.587. The lowest BCUT2D eigenvalue weighted by molar-refractivity contribution is 0.599. The molecule has 2 rings (SSSR count). The van der Waals surface area contributed by atoms with Gasteiger partial charge in [-0.2, -0.15) is 5.26 Å². The second kappa shape index (κ2) is 3.60. The van der Waals surface area contributed by atoms with Crippen LogP contribution in [-0.4, -0.2) is 16.1 Å². The molecule has 1 aliphatic rings. The third-order valence-electron chi connectivity index (χ3n) is 2.31. The molecule has 72 valence electrons. The highest BCUT2D eigenvalue weighted by Crippen LogP contribution is 2.04. The fourth-order valence-electron chi connectivity index (χ4n) is 1.58. The highest BCUT2D eigenvalue weighted by Gasteiger charge is 2.14. The number of nitrogens with one attached hydrogen (secondary N) is 1. The lowest BCUT2D eigenvalue weighted by Crippen LogP contribution is -2.34. The van der Waals surface area contributed by atoms with E-state index < -0.39 is 0 Å². The summed E-state index contributed by atoms with van der Waals surface area (Å²) in [5.74, 6) is 0. The first kappa shape index (κ1) is 8.91. The topological polar surface area (TPSA) is 70.7 Å². The molecule has 5 heteroatoms. The van der Waals surface area contributed by atoms with Gasteiger partial charge >= 0.3 is 0 Å². The SMILES string of the molecule is N#CCn1cnc2c(c1=O)CCNC2. The molecule has 5 nitrogen and oxygen atoms in total. The van der Waals surface area contributed by atoms with E-state index >= 15 is 0 Å². The molecule has 0 saturated heterocycles. The lowest BCUT2D eigenvalue weighted by Gasteiger charge is -2.15. The van der Waals surface area contributed by atoms with Crippen LogP contribution in [0.5, 0.6) is 0 Å². The molecule has 0 aliphatic carbocycles. The maximum atomic E-state index is 11.7. The van der Waals surface area contributed by atoms with Crippen molar-refractivity contribution in [3.8, 4) is 6.07 Å². The van der Waals surface area contributed by atoms with E-state index in [-0.39, 0.29) is 12.1 Å². The standard InChI is InChI=1S/C9H10N4O/c10-2-4-13-6-12-8-5-11-3-1-7(8)9(13)14/h6,11H,1,3-5H2. The largest absolute Gasteiger partial charge is 0.311 e. The van der Waals surface area contributed by atoms with Crippen LogP contribution in [0.4, 0.5) is 0 Å². The Labute approximate surface area is 81.0 Å². The number of hydrogen-bond acceptors (Lipinski definition) is 4. The van der Waals surface area contributed by atoms with Gasteiger partial charge in [0.1, 0.15) is 6.54 Å².